The summed E-state index contributed by atoms with van der Waals surface area (Å²) in [5, 5.41) is 5.53. The molecule has 162 valence electrons. The Morgan fingerprint density at radius 3 is 2.87 bits per heavy atom. The Morgan fingerprint density at radius 1 is 1.26 bits per heavy atom. The van der Waals surface area contributed by atoms with Crippen LogP contribution >= 0.6 is 23.1 Å². The number of thiophene rings is 1. The lowest BCUT2D eigenvalue weighted by atomic mass is 10.2. The van der Waals surface area contributed by atoms with E-state index in [1.165, 1.54) is 18.9 Å². The van der Waals surface area contributed by atoms with Gasteiger partial charge >= 0.3 is 5.69 Å². The minimum absolute atomic E-state index is 0.156. The average molecular weight is 458 g/mol. The van der Waals surface area contributed by atoms with Crippen molar-refractivity contribution in [2.45, 2.75) is 30.8 Å². The normalized spacial score (nSPS) is 12.5. The number of nitrogens with one attached hydrogen (secondary N) is 1. The minimum Gasteiger partial charge on any atom is -0.497 e. The molecule has 0 radical (unpaired) electrons. The van der Waals surface area contributed by atoms with Crippen LogP contribution in [0, 0.1) is 0 Å². The number of rotatable bonds is 8. The van der Waals surface area contributed by atoms with Crippen LogP contribution in [0.1, 0.15) is 22.6 Å². The molecule has 0 unspecified atom stereocenters. The fraction of sp³-hybridized carbons (Fsp3) is 0.318. The molecule has 1 aliphatic rings. The summed E-state index contributed by atoms with van der Waals surface area (Å²) < 4.78 is 12.3. The van der Waals surface area contributed by atoms with Crippen molar-refractivity contribution >= 4 is 34.7 Å². The van der Waals surface area contributed by atoms with Crippen LogP contribution in [0.25, 0.3) is 0 Å². The van der Waals surface area contributed by atoms with E-state index >= 15 is 0 Å². The number of amides is 1. The summed E-state index contributed by atoms with van der Waals surface area (Å²) in [6.45, 7) is 0.550. The van der Waals surface area contributed by atoms with Crippen molar-refractivity contribution in [3.63, 3.8) is 0 Å². The molecule has 4 rings (SSSR count). The number of carbonyl (C=O) groups excluding carboxylic acids is 1. The first-order valence-electron chi connectivity index (χ1n) is 9.88. The number of carbonyl (C=O) groups is 1. The Morgan fingerprint density at radius 2 is 2.13 bits per heavy atom. The van der Waals surface area contributed by atoms with Gasteiger partial charge in [-0.05, 0) is 42.8 Å². The zero-order chi connectivity index (χ0) is 21.8. The third kappa shape index (κ3) is 4.77. The van der Waals surface area contributed by atoms with E-state index in [1.807, 2.05) is 17.5 Å². The first-order valence-corrected chi connectivity index (χ1v) is 11.7. The largest absolute Gasteiger partial charge is 0.497 e. The molecule has 9 heteroatoms. The van der Waals surface area contributed by atoms with Crippen LogP contribution in [0.2, 0.25) is 0 Å². The number of thioether (sulfide) groups is 1. The van der Waals surface area contributed by atoms with Gasteiger partial charge in [0.1, 0.15) is 16.5 Å². The van der Waals surface area contributed by atoms with E-state index in [2.05, 4.69) is 10.3 Å². The minimum atomic E-state index is -0.256. The SMILES string of the molecule is COc1ccc(NC(=O)CSc2nc(=O)n(Cc3cccs3)c3c2CCC3)c(OC)c1. The summed E-state index contributed by atoms with van der Waals surface area (Å²) in [7, 11) is 3.11. The van der Waals surface area contributed by atoms with Gasteiger partial charge in [0.2, 0.25) is 5.91 Å². The molecular weight excluding hydrogens is 434 g/mol. The summed E-state index contributed by atoms with van der Waals surface area (Å²) in [6, 6.07) is 9.22. The molecule has 0 bridgehead atoms. The number of fused-ring (bicyclic) bond motifs is 1. The van der Waals surface area contributed by atoms with Gasteiger partial charge in [-0.2, -0.15) is 4.98 Å². The van der Waals surface area contributed by atoms with Gasteiger partial charge in [-0.1, -0.05) is 17.8 Å². The quantitative estimate of drug-likeness (QED) is 0.411. The lowest BCUT2D eigenvalue weighted by Crippen LogP contribution is -2.27. The van der Waals surface area contributed by atoms with Crippen LogP contribution < -0.4 is 20.5 Å². The Kier molecular flexibility index (Phi) is 6.62. The van der Waals surface area contributed by atoms with E-state index in [9.17, 15) is 9.59 Å². The zero-order valence-electron chi connectivity index (χ0n) is 17.3. The fourth-order valence-corrected chi connectivity index (χ4v) is 5.22. The fourth-order valence-electron chi connectivity index (χ4n) is 3.65. The van der Waals surface area contributed by atoms with Crippen LogP contribution in [-0.2, 0) is 24.2 Å². The average Bonchev–Trinajstić information content (AvgIpc) is 3.47. The van der Waals surface area contributed by atoms with Crippen molar-refractivity contribution in [2.75, 3.05) is 25.3 Å². The highest BCUT2D eigenvalue weighted by atomic mass is 32.2. The lowest BCUT2D eigenvalue weighted by Gasteiger charge is -2.14. The van der Waals surface area contributed by atoms with Crippen LogP contribution in [-0.4, -0.2) is 35.4 Å². The number of nitrogens with zero attached hydrogens (tertiary/aromatic N) is 2. The summed E-state index contributed by atoms with van der Waals surface area (Å²) in [5.41, 5.74) is 2.45. The van der Waals surface area contributed by atoms with Crippen LogP contribution in [0.5, 0.6) is 11.5 Å². The second kappa shape index (κ2) is 9.57. The Balaban J connectivity index is 1.48. The van der Waals surface area contributed by atoms with Crippen molar-refractivity contribution in [1.29, 1.82) is 0 Å². The number of aromatic nitrogens is 2. The van der Waals surface area contributed by atoms with Crippen LogP contribution in [0.15, 0.2) is 45.5 Å². The molecule has 31 heavy (non-hydrogen) atoms. The second-order valence-corrected chi connectivity index (χ2v) is 9.04. The van der Waals surface area contributed by atoms with Crippen molar-refractivity contribution in [3.05, 3.63) is 62.3 Å². The molecular formula is C22H23N3O4S2. The molecule has 0 spiro atoms. The highest BCUT2D eigenvalue weighted by molar-refractivity contribution is 8.00. The summed E-state index contributed by atoms with van der Waals surface area (Å²) in [5.74, 6) is 1.13. The van der Waals surface area contributed by atoms with E-state index in [0.717, 1.165) is 35.4 Å². The number of anilines is 1. The standard InChI is InChI=1S/C22H23N3O4S2/c1-28-14-8-9-17(19(11-14)29-2)23-20(26)13-31-21-16-6-3-7-18(16)25(22(27)24-21)12-15-5-4-10-30-15/h4-5,8-11H,3,6-7,12-13H2,1-2H3,(H,23,26). The Bertz CT molecular complexity index is 1140. The second-order valence-electron chi connectivity index (χ2n) is 7.05. The van der Waals surface area contributed by atoms with Crippen molar-refractivity contribution in [3.8, 4) is 11.5 Å². The molecule has 1 aromatic carbocycles. The molecule has 7 nitrogen and oxygen atoms in total. The number of hydrogen-bond donors (Lipinski definition) is 1. The van der Waals surface area contributed by atoms with Gasteiger partial charge in [0, 0.05) is 22.2 Å². The summed E-state index contributed by atoms with van der Waals surface area (Å²) >= 11 is 2.94. The highest BCUT2D eigenvalue weighted by Gasteiger charge is 2.23. The third-order valence-electron chi connectivity index (χ3n) is 5.12. The predicted molar refractivity (Wildman–Crippen MR) is 123 cm³/mol. The van der Waals surface area contributed by atoms with Crippen molar-refractivity contribution < 1.29 is 14.3 Å². The molecule has 2 aromatic heterocycles. The number of ether oxygens (including phenoxy) is 2. The van der Waals surface area contributed by atoms with Crippen LogP contribution in [0.4, 0.5) is 5.69 Å². The van der Waals surface area contributed by atoms with Gasteiger partial charge in [-0.25, -0.2) is 4.79 Å². The van der Waals surface area contributed by atoms with Gasteiger partial charge in [0.05, 0.1) is 32.2 Å². The van der Waals surface area contributed by atoms with Crippen molar-refractivity contribution in [1.82, 2.24) is 9.55 Å². The maximum absolute atomic E-state index is 12.7. The number of benzene rings is 1. The summed E-state index contributed by atoms with van der Waals surface area (Å²) in [4.78, 5) is 30.7. The maximum atomic E-state index is 12.7. The molecule has 0 fully saturated rings. The van der Waals surface area contributed by atoms with Crippen LogP contribution in [0.3, 0.4) is 0 Å². The van der Waals surface area contributed by atoms with E-state index in [4.69, 9.17) is 9.47 Å². The van der Waals surface area contributed by atoms with Gasteiger partial charge in [-0.3, -0.25) is 9.36 Å². The van der Waals surface area contributed by atoms with E-state index in [0.29, 0.717) is 28.8 Å². The molecule has 0 aliphatic heterocycles. The molecule has 0 atom stereocenters. The molecule has 1 amide bonds. The summed E-state index contributed by atoms with van der Waals surface area (Å²) in [6.07, 6.45) is 2.73. The van der Waals surface area contributed by atoms with E-state index < -0.39 is 0 Å². The molecule has 1 N–H and O–H groups in total. The Hall–Kier alpha value is -2.78. The maximum Gasteiger partial charge on any atom is 0.349 e. The molecule has 0 saturated heterocycles. The molecule has 2 heterocycles. The Labute approximate surface area is 188 Å². The first-order chi connectivity index (χ1) is 15.1. The smallest absolute Gasteiger partial charge is 0.349 e. The van der Waals surface area contributed by atoms with Gasteiger partial charge < -0.3 is 14.8 Å². The van der Waals surface area contributed by atoms with E-state index in [1.54, 1.807) is 41.2 Å². The molecule has 0 saturated carbocycles. The first kappa shape index (κ1) is 21.5. The molecule has 3 aromatic rings. The highest BCUT2D eigenvalue weighted by Crippen LogP contribution is 2.31. The monoisotopic (exact) mass is 457 g/mol. The molecule has 1 aliphatic carbocycles. The predicted octanol–water partition coefficient (Wildman–Crippen LogP) is 3.59. The topological polar surface area (TPSA) is 82.5 Å². The van der Waals surface area contributed by atoms with Crippen molar-refractivity contribution in [2.24, 2.45) is 0 Å². The van der Waals surface area contributed by atoms with Gasteiger partial charge in [0.15, 0.2) is 0 Å². The van der Waals surface area contributed by atoms with E-state index in [-0.39, 0.29) is 17.3 Å². The number of hydrogen-bond acceptors (Lipinski definition) is 7. The number of methoxy groups -OCH3 is 2. The van der Waals surface area contributed by atoms with Gasteiger partial charge in [0.25, 0.3) is 0 Å². The third-order valence-corrected chi connectivity index (χ3v) is 7.00. The van der Waals surface area contributed by atoms with Gasteiger partial charge in [-0.15, -0.1) is 11.3 Å². The zero-order valence-corrected chi connectivity index (χ0v) is 19.0. The lowest BCUT2D eigenvalue weighted by molar-refractivity contribution is -0.113.